The smallest absolute Gasteiger partial charge is 0.0546 e. The van der Waals surface area contributed by atoms with Crippen molar-refractivity contribution in [3.05, 3.63) is 18.0 Å². The highest BCUT2D eigenvalue weighted by molar-refractivity contribution is 5.00. The van der Waals surface area contributed by atoms with Crippen LogP contribution in [0, 0.1) is 5.92 Å². The van der Waals surface area contributed by atoms with E-state index in [-0.39, 0.29) is 6.10 Å². The van der Waals surface area contributed by atoms with Gasteiger partial charge in [-0.3, -0.25) is 4.68 Å². The number of aliphatic hydroxyl groups is 1. The molecule has 15 heavy (non-hydrogen) atoms. The molecule has 1 aliphatic rings. The van der Waals surface area contributed by atoms with Crippen LogP contribution in [-0.4, -0.2) is 27.5 Å². The third-order valence-electron chi connectivity index (χ3n) is 3.05. The molecule has 4 nitrogen and oxygen atoms in total. The van der Waals surface area contributed by atoms with Crippen molar-refractivity contribution < 1.29 is 5.11 Å². The molecule has 2 N–H and O–H groups in total. The first-order valence-electron chi connectivity index (χ1n) is 5.69. The second kappa shape index (κ2) is 4.77. The molecule has 1 aromatic heterocycles. The normalized spacial score (nSPS) is 25.2. The summed E-state index contributed by atoms with van der Waals surface area (Å²) >= 11 is 0. The van der Waals surface area contributed by atoms with Gasteiger partial charge in [-0.25, -0.2) is 0 Å². The monoisotopic (exact) mass is 209 g/mol. The molecule has 0 radical (unpaired) electrons. The van der Waals surface area contributed by atoms with E-state index in [1.54, 1.807) is 0 Å². The van der Waals surface area contributed by atoms with Gasteiger partial charge in [0.2, 0.25) is 0 Å². The molecular weight excluding hydrogens is 190 g/mol. The Morgan fingerprint density at radius 3 is 3.07 bits per heavy atom. The van der Waals surface area contributed by atoms with Gasteiger partial charge in [0, 0.05) is 19.3 Å². The van der Waals surface area contributed by atoms with Crippen LogP contribution >= 0.6 is 0 Å². The van der Waals surface area contributed by atoms with Crippen LogP contribution in [0.4, 0.5) is 0 Å². The van der Waals surface area contributed by atoms with Crippen LogP contribution in [0.2, 0.25) is 0 Å². The Balaban J connectivity index is 1.69. The number of hydrogen-bond acceptors (Lipinski definition) is 3. The Hall–Kier alpha value is -0.870. The Bertz CT molecular complexity index is 305. The zero-order chi connectivity index (χ0) is 10.7. The van der Waals surface area contributed by atoms with Gasteiger partial charge in [-0.15, -0.1) is 0 Å². The summed E-state index contributed by atoms with van der Waals surface area (Å²) in [5, 5.41) is 16.8. The number of aryl methyl sites for hydroxylation is 1. The standard InChI is InChI=1S/C11H19N3O/c1-2-14-10(3-4-13-14)8-12-7-9-5-11(15)6-9/h3-4,9,11-12,15H,2,5-8H2,1H3. The summed E-state index contributed by atoms with van der Waals surface area (Å²) in [5.41, 5.74) is 1.23. The summed E-state index contributed by atoms with van der Waals surface area (Å²) in [4.78, 5) is 0. The van der Waals surface area contributed by atoms with Crippen molar-refractivity contribution in [2.45, 2.75) is 39.0 Å². The minimum absolute atomic E-state index is 0.0435. The van der Waals surface area contributed by atoms with Crippen molar-refractivity contribution in [2.24, 2.45) is 5.92 Å². The van der Waals surface area contributed by atoms with Gasteiger partial charge >= 0.3 is 0 Å². The van der Waals surface area contributed by atoms with Crippen LogP contribution in [0.25, 0.3) is 0 Å². The van der Waals surface area contributed by atoms with Crippen LogP contribution in [0.1, 0.15) is 25.5 Å². The van der Waals surface area contributed by atoms with E-state index in [0.717, 1.165) is 32.5 Å². The van der Waals surface area contributed by atoms with E-state index in [1.165, 1.54) is 5.69 Å². The van der Waals surface area contributed by atoms with Gasteiger partial charge in [0.25, 0.3) is 0 Å². The Labute approximate surface area is 90.3 Å². The fraction of sp³-hybridized carbons (Fsp3) is 0.727. The van der Waals surface area contributed by atoms with E-state index in [1.807, 2.05) is 16.9 Å². The molecule has 1 saturated carbocycles. The molecule has 0 aliphatic heterocycles. The maximum atomic E-state index is 9.14. The molecule has 1 aromatic rings. The number of nitrogens with one attached hydrogen (secondary N) is 1. The molecule has 0 aromatic carbocycles. The quantitative estimate of drug-likeness (QED) is 0.753. The molecule has 0 bridgehead atoms. The fourth-order valence-corrected chi connectivity index (χ4v) is 2.07. The third-order valence-corrected chi connectivity index (χ3v) is 3.05. The van der Waals surface area contributed by atoms with E-state index >= 15 is 0 Å². The van der Waals surface area contributed by atoms with Crippen molar-refractivity contribution in [2.75, 3.05) is 6.54 Å². The maximum Gasteiger partial charge on any atom is 0.0546 e. The summed E-state index contributed by atoms with van der Waals surface area (Å²) < 4.78 is 2.00. The Morgan fingerprint density at radius 2 is 2.40 bits per heavy atom. The summed E-state index contributed by atoms with van der Waals surface area (Å²) in [5.74, 6) is 0.665. The molecule has 1 aliphatic carbocycles. The van der Waals surface area contributed by atoms with Gasteiger partial charge in [-0.2, -0.15) is 5.10 Å². The van der Waals surface area contributed by atoms with Crippen molar-refractivity contribution in [1.29, 1.82) is 0 Å². The van der Waals surface area contributed by atoms with Gasteiger partial charge in [0.15, 0.2) is 0 Å². The molecule has 0 unspecified atom stereocenters. The number of nitrogens with zero attached hydrogens (tertiary/aromatic N) is 2. The predicted molar refractivity (Wildman–Crippen MR) is 58.3 cm³/mol. The van der Waals surface area contributed by atoms with E-state index in [9.17, 15) is 0 Å². The molecule has 2 rings (SSSR count). The lowest BCUT2D eigenvalue weighted by molar-refractivity contribution is 0.0429. The Morgan fingerprint density at radius 1 is 1.60 bits per heavy atom. The molecule has 84 valence electrons. The topological polar surface area (TPSA) is 50.1 Å². The first kappa shape index (κ1) is 10.6. The minimum Gasteiger partial charge on any atom is -0.393 e. The van der Waals surface area contributed by atoms with E-state index in [4.69, 9.17) is 5.11 Å². The second-order valence-corrected chi connectivity index (χ2v) is 4.26. The van der Waals surface area contributed by atoms with Crippen molar-refractivity contribution in [1.82, 2.24) is 15.1 Å². The van der Waals surface area contributed by atoms with Crippen molar-refractivity contribution in [3.63, 3.8) is 0 Å². The number of aliphatic hydroxyl groups excluding tert-OH is 1. The first-order chi connectivity index (χ1) is 7.29. The van der Waals surface area contributed by atoms with E-state index in [0.29, 0.717) is 5.92 Å². The third kappa shape index (κ3) is 2.58. The molecule has 0 amide bonds. The van der Waals surface area contributed by atoms with Crippen LogP contribution in [0.15, 0.2) is 12.3 Å². The molecule has 0 saturated heterocycles. The zero-order valence-electron chi connectivity index (χ0n) is 9.19. The summed E-state index contributed by atoms with van der Waals surface area (Å²) in [6.07, 6.45) is 3.71. The predicted octanol–water partition coefficient (Wildman–Crippen LogP) is 0.763. The lowest BCUT2D eigenvalue weighted by Gasteiger charge is -2.31. The first-order valence-corrected chi connectivity index (χ1v) is 5.69. The molecular formula is C11H19N3O. The van der Waals surface area contributed by atoms with Crippen molar-refractivity contribution in [3.8, 4) is 0 Å². The number of hydrogen-bond donors (Lipinski definition) is 2. The molecule has 1 heterocycles. The highest BCUT2D eigenvalue weighted by Gasteiger charge is 2.26. The molecule has 4 heteroatoms. The summed E-state index contributed by atoms with van der Waals surface area (Å²) in [7, 11) is 0. The lowest BCUT2D eigenvalue weighted by atomic mass is 9.82. The van der Waals surface area contributed by atoms with Crippen LogP contribution in [-0.2, 0) is 13.1 Å². The summed E-state index contributed by atoms with van der Waals surface area (Å²) in [6, 6.07) is 2.05. The fourth-order valence-electron chi connectivity index (χ4n) is 2.07. The highest BCUT2D eigenvalue weighted by Crippen LogP contribution is 2.26. The molecule has 0 atom stereocenters. The second-order valence-electron chi connectivity index (χ2n) is 4.26. The van der Waals surface area contributed by atoms with Gasteiger partial charge < -0.3 is 10.4 Å². The maximum absolute atomic E-state index is 9.14. The number of rotatable bonds is 5. The minimum atomic E-state index is -0.0435. The van der Waals surface area contributed by atoms with E-state index in [2.05, 4.69) is 17.3 Å². The average Bonchev–Trinajstić information content (AvgIpc) is 2.62. The van der Waals surface area contributed by atoms with Gasteiger partial charge in [-0.05, 0) is 38.3 Å². The zero-order valence-corrected chi connectivity index (χ0v) is 9.19. The van der Waals surface area contributed by atoms with Gasteiger partial charge in [0.05, 0.1) is 11.8 Å². The SMILES string of the molecule is CCn1nccc1CNCC1CC(O)C1. The lowest BCUT2D eigenvalue weighted by Crippen LogP contribution is -2.36. The molecule has 0 spiro atoms. The largest absolute Gasteiger partial charge is 0.393 e. The van der Waals surface area contributed by atoms with Crippen LogP contribution in [0.5, 0.6) is 0 Å². The van der Waals surface area contributed by atoms with Crippen molar-refractivity contribution >= 4 is 0 Å². The summed E-state index contributed by atoms with van der Waals surface area (Å²) in [6.45, 7) is 4.90. The van der Waals surface area contributed by atoms with Crippen LogP contribution < -0.4 is 5.32 Å². The highest BCUT2D eigenvalue weighted by atomic mass is 16.3. The van der Waals surface area contributed by atoms with Gasteiger partial charge in [-0.1, -0.05) is 0 Å². The average molecular weight is 209 g/mol. The van der Waals surface area contributed by atoms with E-state index < -0.39 is 0 Å². The van der Waals surface area contributed by atoms with Crippen LogP contribution in [0.3, 0.4) is 0 Å². The number of aromatic nitrogens is 2. The molecule has 1 fully saturated rings. The Kier molecular flexibility index (Phi) is 3.38. The van der Waals surface area contributed by atoms with Gasteiger partial charge in [0.1, 0.15) is 0 Å².